The summed E-state index contributed by atoms with van der Waals surface area (Å²) in [4.78, 5) is 13.7. The van der Waals surface area contributed by atoms with Gasteiger partial charge in [-0.1, -0.05) is 0 Å². The van der Waals surface area contributed by atoms with Crippen molar-refractivity contribution in [3.8, 4) is 0 Å². The molecule has 2 fully saturated rings. The fourth-order valence-corrected chi connectivity index (χ4v) is 3.01. The summed E-state index contributed by atoms with van der Waals surface area (Å²) in [6, 6.07) is 0.399. The first-order chi connectivity index (χ1) is 9.15. The van der Waals surface area contributed by atoms with Gasteiger partial charge in [0.25, 0.3) is 0 Å². The lowest BCUT2D eigenvalue weighted by Gasteiger charge is -2.45. The van der Waals surface area contributed by atoms with Crippen LogP contribution in [0.15, 0.2) is 0 Å². The van der Waals surface area contributed by atoms with Crippen LogP contribution in [-0.2, 0) is 19.0 Å². The molecule has 0 amide bonds. The number of carbonyl (C=O) groups is 1. The van der Waals surface area contributed by atoms with Crippen LogP contribution >= 0.6 is 0 Å². The Bertz CT molecular complexity index is 296. The number of nitrogens with zero attached hydrogens (tertiary/aromatic N) is 1. The highest BCUT2D eigenvalue weighted by molar-refractivity contribution is 5.71. The predicted octanol–water partition coefficient (Wildman–Crippen LogP) is 1.21. The largest absolute Gasteiger partial charge is 0.465 e. The number of rotatable bonds is 4. The molecule has 1 atom stereocenters. The van der Waals surface area contributed by atoms with E-state index in [1.165, 1.54) is 0 Å². The van der Waals surface area contributed by atoms with E-state index in [0.717, 1.165) is 45.5 Å². The van der Waals surface area contributed by atoms with Crippen molar-refractivity contribution >= 4 is 5.97 Å². The van der Waals surface area contributed by atoms with E-state index >= 15 is 0 Å². The van der Waals surface area contributed by atoms with Crippen LogP contribution in [0.3, 0.4) is 0 Å². The molecule has 0 N–H and O–H groups in total. The average molecular weight is 271 g/mol. The smallest absolute Gasteiger partial charge is 0.320 e. The molecule has 0 aromatic heterocycles. The normalized spacial score (nSPS) is 26.6. The van der Waals surface area contributed by atoms with Crippen LogP contribution in [0.4, 0.5) is 0 Å². The number of hydrogen-bond acceptors (Lipinski definition) is 5. The topological polar surface area (TPSA) is 48.0 Å². The predicted molar refractivity (Wildman–Crippen MR) is 71.0 cm³/mol. The Kier molecular flexibility index (Phi) is 5.19. The Hall–Kier alpha value is -0.650. The summed E-state index contributed by atoms with van der Waals surface area (Å²) in [6.07, 6.45) is 3.91. The lowest BCUT2D eigenvalue weighted by Crippen LogP contribution is -2.51. The van der Waals surface area contributed by atoms with Crippen molar-refractivity contribution in [1.82, 2.24) is 4.90 Å². The molecule has 2 aliphatic rings. The van der Waals surface area contributed by atoms with E-state index in [1.54, 1.807) is 0 Å². The second-order valence-electron chi connectivity index (χ2n) is 5.51. The van der Waals surface area contributed by atoms with Crippen LogP contribution in [0.1, 0.15) is 32.6 Å². The third-order valence-electron chi connectivity index (χ3n) is 4.18. The fourth-order valence-electron chi connectivity index (χ4n) is 3.01. The van der Waals surface area contributed by atoms with Gasteiger partial charge in [-0.25, -0.2) is 0 Å². The van der Waals surface area contributed by atoms with Crippen LogP contribution in [0.25, 0.3) is 0 Å². The van der Waals surface area contributed by atoms with E-state index in [9.17, 15) is 4.79 Å². The van der Waals surface area contributed by atoms with Gasteiger partial charge >= 0.3 is 5.97 Å². The zero-order valence-electron chi connectivity index (χ0n) is 12.0. The van der Waals surface area contributed by atoms with Crippen LogP contribution in [0.2, 0.25) is 0 Å². The second kappa shape index (κ2) is 6.68. The van der Waals surface area contributed by atoms with Crippen LogP contribution in [0, 0.1) is 0 Å². The van der Waals surface area contributed by atoms with Crippen molar-refractivity contribution < 1.29 is 19.0 Å². The molecular formula is C14H25NO4. The highest BCUT2D eigenvalue weighted by Crippen LogP contribution is 2.35. The summed E-state index contributed by atoms with van der Waals surface area (Å²) < 4.78 is 16.4. The quantitative estimate of drug-likeness (QED) is 0.719. The van der Waals surface area contributed by atoms with Crippen LogP contribution in [-0.4, -0.2) is 62.5 Å². The summed E-state index contributed by atoms with van der Waals surface area (Å²) in [5, 5.41) is 0. The first kappa shape index (κ1) is 14.8. The summed E-state index contributed by atoms with van der Waals surface area (Å²) >= 11 is 0. The lowest BCUT2D eigenvalue weighted by atomic mass is 9.83. The van der Waals surface area contributed by atoms with Crippen molar-refractivity contribution in [3.63, 3.8) is 0 Å². The third kappa shape index (κ3) is 3.91. The molecule has 2 rings (SSSR count). The van der Waals surface area contributed by atoms with E-state index in [-0.39, 0.29) is 11.6 Å². The molecule has 0 saturated carbocycles. The van der Waals surface area contributed by atoms with Gasteiger partial charge in [0.15, 0.2) is 0 Å². The van der Waals surface area contributed by atoms with Crippen molar-refractivity contribution in [1.29, 1.82) is 0 Å². The first-order valence-corrected chi connectivity index (χ1v) is 7.23. The number of carbonyl (C=O) groups excluding carboxylic acids is 1. The maximum atomic E-state index is 11.5. The fraction of sp³-hybridized carbons (Fsp3) is 0.929. The van der Waals surface area contributed by atoms with Gasteiger partial charge < -0.3 is 14.2 Å². The minimum atomic E-state index is -0.141. The Labute approximate surface area is 115 Å². The van der Waals surface area contributed by atoms with Gasteiger partial charge in [-0.2, -0.15) is 0 Å². The SMILES string of the molecule is CCOC(=O)CN(C)C1CCOC2(CCOCC2)C1. The van der Waals surface area contributed by atoms with Crippen LogP contribution < -0.4 is 0 Å². The second-order valence-corrected chi connectivity index (χ2v) is 5.51. The molecule has 19 heavy (non-hydrogen) atoms. The molecule has 2 aliphatic heterocycles. The average Bonchev–Trinajstić information content (AvgIpc) is 2.40. The molecule has 0 aliphatic carbocycles. The molecule has 5 heteroatoms. The summed E-state index contributed by atoms with van der Waals surface area (Å²) in [5.41, 5.74) is -0.0237. The molecular weight excluding hydrogens is 246 g/mol. The summed E-state index contributed by atoms with van der Waals surface area (Å²) in [5.74, 6) is -0.141. The van der Waals surface area contributed by atoms with E-state index in [4.69, 9.17) is 14.2 Å². The van der Waals surface area contributed by atoms with Gasteiger partial charge in [0.1, 0.15) is 0 Å². The Morgan fingerprint density at radius 1 is 1.37 bits per heavy atom. The van der Waals surface area contributed by atoms with Crippen molar-refractivity contribution in [2.45, 2.75) is 44.2 Å². The van der Waals surface area contributed by atoms with Gasteiger partial charge in [-0.15, -0.1) is 0 Å². The molecule has 110 valence electrons. The molecule has 2 saturated heterocycles. The highest BCUT2D eigenvalue weighted by Gasteiger charge is 2.40. The molecule has 2 heterocycles. The molecule has 0 radical (unpaired) electrons. The van der Waals surface area contributed by atoms with E-state index in [2.05, 4.69) is 4.90 Å². The first-order valence-electron chi connectivity index (χ1n) is 7.23. The zero-order valence-corrected chi connectivity index (χ0v) is 12.0. The number of likely N-dealkylation sites (N-methyl/N-ethyl adjacent to an activating group) is 1. The molecule has 0 aromatic carbocycles. The lowest BCUT2D eigenvalue weighted by molar-refractivity contribution is -0.157. The summed E-state index contributed by atoms with van der Waals surface area (Å²) in [6.45, 7) is 5.00. The Morgan fingerprint density at radius 2 is 2.11 bits per heavy atom. The Morgan fingerprint density at radius 3 is 2.79 bits per heavy atom. The van der Waals surface area contributed by atoms with Gasteiger partial charge in [-0.05, 0) is 39.7 Å². The van der Waals surface area contributed by atoms with Crippen LogP contribution in [0.5, 0.6) is 0 Å². The van der Waals surface area contributed by atoms with Crippen molar-refractivity contribution in [2.75, 3.05) is 40.0 Å². The molecule has 1 spiro atoms. The number of hydrogen-bond donors (Lipinski definition) is 0. The van der Waals surface area contributed by atoms with E-state index in [0.29, 0.717) is 19.2 Å². The Balaban J connectivity index is 1.87. The molecule has 0 bridgehead atoms. The summed E-state index contributed by atoms with van der Waals surface area (Å²) in [7, 11) is 2.00. The highest BCUT2D eigenvalue weighted by atomic mass is 16.5. The molecule has 5 nitrogen and oxygen atoms in total. The van der Waals surface area contributed by atoms with Crippen molar-refractivity contribution in [3.05, 3.63) is 0 Å². The maximum absolute atomic E-state index is 11.5. The monoisotopic (exact) mass is 271 g/mol. The van der Waals surface area contributed by atoms with Gasteiger partial charge in [-0.3, -0.25) is 9.69 Å². The molecule has 0 aromatic rings. The van der Waals surface area contributed by atoms with Gasteiger partial charge in [0.2, 0.25) is 0 Å². The van der Waals surface area contributed by atoms with Crippen molar-refractivity contribution in [2.24, 2.45) is 0 Å². The van der Waals surface area contributed by atoms with Gasteiger partial charge in [0, 0.05) is 25.9 Å². The minimum absolute atomic E-state index is 0.0237. The standard InChI is InChI=1S/C14H25NO4/c1-3-18-13(16)11-15(2)12-4-7-19-14(10-12)5-8-17-9-6-14/h12H,3-11H2,1-2H3. The minimum Gasteiger partial charge on any atom is -0.465 e. The van der Waals surface area contributed by atoms with Gasteiger partial charge in [0.05, 0.1) is 18.8 Å². The number of ether oxygens (including phenoxy) is 3. The maximum Gasteiger partial charge on any atom is 0.320 e. The molecule has 1 unspecified atom stereocenters. The van der Waals surface area contributed by atoms with E-state index < -0.39 is 0 Å². The third-order valence-corrected chi connectivity index (χ3v) is 4.18. The number of esters is 1. The van der Waals surface area contributed by atoms with E-state index in [1.807, 2.05) is 14.0 Å². The zero-order chi connectivity index (χ0) is 13.7.